The number of piperidine rings is 1. The van der Waals surface area contributed by atoms with E-state index in [9.17, 15) is 9.59 Å². The van der Waals surface area contributed by atoms with E-state index >= 15 is 0 Å². The number of nitrogens with two attached hydrogens (primary N) is 1. The average molecular weight is 271 g/mol. The molecule has 1 aliphatic rings. The minimum Gasteiger partial charge on any atom is -0.370 e. The second-order valence-electron chi connectivity index (χ2n) is 5.22. The lowest BCUT2D eigenvalue weighted by Gasteiger charge is -2.34. The van der Waals surface area contributed by atoms with Gasteiger partial charge in [-0.15, -0.1) is 0 Å². The number of carbonyl (C=O) groups is 2. The topological polar surface area (TPSA) is 84.7 Å². The minimum atomic E-state index is -0.554. The molecule has 19 heavy (non-hydrogen) atoms. The summed E-state index contributed by atoms with van der Waals surface area (Å²) in [5.74, 6) is 0.00918. The molecule has 0 aromatic rings. The molecule has 1 heterocycles. The molecule has 6 heteroatoms. The summed E-state index contributed by atoms with van der Waals surface area (Å²) in [5.41, 5.74) is 5.49. The molecule has 2 amide bonds. The molecule has 1 unspecified atom stereocenters. The van der Waals surface area contributed by atoms with Gasteiger partial charge in [-0.05, 0) is 12.8 Å². The molecule has 0 spiro atoms. The van der Waals surface area contributed by atoms with Crippen LogP contribution in [0.25, 0.3) is 0 Å². The van der Waals surface area contributed by atoms with Crippen molar-refractivity contribution in [2.75, 3.05) is 26.7 Å². The third kappa shape index (κ3) is 4.47. The third-order valence-corrected chi connectivity index (χ3v) is 3.45. The summed E-state index contributed by atoms with van der Waals surface area (Å²) in [4.78, 5) is 25.4. The van der Waals surface area contributed by atoms with Gasteiger partial charge in [-0.2, -0.15) is 0 Å². The second kappa shape index (κ2) is 7.45. The maximum atomic E-state index is 12.0. The van der Waals surface area contributed by atoms with E-state index in [1.807, 2.05) is 13.8 Å². The van der Waals surface area contributed by atoms with Crippen LogP contribution in [0.1, 0.15) is 26.7 Å². The molecule has 6 nitrogen and oxygen atoms in total. The number of nitrogens with zero attached hydrogens (tertiary/aromatic N) is 1. The summed E-state index contributed by atoms with van der Waals surface area (Å²) in [6.07, 6.45) is 1.01. The van der Waals surface area contributed by atoms with Crippen molar-refractivity contribution in [3.05, 3.63) is 0 Å². The Bertz CT molecular complexity index is 308. The average Bonchev–Trinajstić information content (AvgIpc) is 2.40. The molecule has 1 atom stereocenters. The normalized spacial score (nSPS) is 18.5. The first kappa shape index (κ1) is 15.9. The van der Waals surface area contributed by atoms with Gasteiger partial charge in [-0.25, -0.2) is 0 Å². The number of likely N-dealkylation sites (tertiary alicyclic amines) is 1. The highest BCUT2D eigenvalue weighted by atomic mass is 16.5. The van der Waals surface area contributed by atoms with E-state index in [1.54, 1.807) is 4.90 Å². The molecular formula is C13H25N3O3. The highest BCUT2D eigenvalue weighted by Gasteiger charge is 2.28. The van der Waals surface area contributed by atoms with Crippen LogP contribution in [0.4, 0.5) is 0 Å². The van der Waals surface area contributed by atoms with Crippen molar-refractivity contribution in [2.24, 2.45) is 11.7 Å². The van der Waals surface area contributed by atoms with Crippen LogP contribution in [0.15, 0.2) is 0 Å². The van der Waals surface area contributed by atoms with Crippen LogP contribution in [-0.2, 0) is 14.3 Å². The maximum Gasteiger partial charge on any atom is 0.253 e. The van der Waals surface area contributed by atoms with E-state index in [2.05, 4.69) is 5.32 Å². The molecule has 0 aliphatic carbocycles. The number of ether oxygens (including phenoxy) is 1. The number of carbonyl (C=O) groups excluding carboxylic acids is 2. The smallest absolute Gasteiger partial charge is 0.253 e. The van der Waals surface area contributed by atoms with Gasteiger partial charge in [0.15, 0.2) is 0 Å². The second-order valence-corrected chi connectivity index (χ2v) is 5.22. The zero-order valence-corrected chi connectivity index (χ0v) is 12.0. The van der Waals surface area contributed by atoms with Crippen LogP contribution in [0.3, 0.4) is 0 Å². The van der Waals surface area contributed by atoms with Gasteiger partial charge in [0.1, 0.15) is 6.10 Å². The quantitative estimate of drug-likeness (QED) is 0.720. The van der Waals surface area contributed by atoms with E-state index in [-0.39, 0.29) is 30.3 Å². The van der Waals surface area contributed by atoms with E-state index in [0.29, 0.717) is 13.1 Å². The fraction of sp³-hybridized carbons (Fsp3) is 0.846. The van der Waals surface area contributed by atoms with Crippen LogP contribution >= 0.6 is 0 Å². The van der Waals surface area contributed by atoms with Gasteiger partial charge in [-0.1, -0.05) is 13.8 Å². The summed E-state index contributed by atoms with van der Waals surface area (Å²) in [7, 11) is 1.49. The maximum absolute atomic E-state index is 12.0. The fourth-order valence-electron chi connectivity index (χ4n) is 2.11. The predicted octanol–water partition coefficient (Wildman–Crippen LogP) is -0.277. The van der Waals surface area contributed by atoms with Crippen molar-refractivity contribution >= 4 is 11.8 Å². The van der Waals surface area contributed by atoms with Gasteiger partial charge in [0.25, 0.3) is 5.91 Å². The van der Waals surface area contributed by atoms with Gasteiger partial charge < -0.3 is 20.7 Å². The monoisotopic (exact) mass is 271 g/mol. The molecule has 0 saturated carbocycles. The Kier molecular flexibility index (Phi) is 6.24. The lowest BCUT2D eigenvalue weighted by atomic mass is 10.0. The van der Waals surface area contributed by atoms with E-state index < -0.39 is 6.10 Å². The van der Waals surface area contributed by atoms with Crippen molar-refractivity contribution in [1.82, 2.24) is 10.2 Å². The fourth-order valence-corrected chi connectivity index (χ4v) is 2.11. The Morgan fingerprint density at radius 2 is 1.95 bits per heavy atom. The van der Waals surface area contributed by atoms with E-state index in [0.717, 1.165) is 12.8 Å². The highest BCUT2D eigenvalue weighted by molar-refractivity contribution is 5.81. The van der Waals surface area contributed by atoms with Gasteiger partial charge >= 0.3 is 0 Å². The first-order chi connectivity index (χ1) is 8.99. The molecule has 110 valence electrons. The summed E-state index contributed by atoms with van der Waals surface area (Å²) in [5, 5.41) is 3.00. The lowest BCUT2D eigenvalue weighted by molar-refractivity contribution is -0.142. The van der Waals surface area contributed by atoms with Crippen LogP contribution in [0, 0.1) is 5.92 Å². The SMILES string of the molecule is COC(CN)C(=O)N1CCC(NC(=O)C(C)C)CC1. The molecule has 0 aromatic heterocycles. The first-order valence-corrected chi connectivity index (χ1v) is 6.81. The highest BCUT2D eigenvalue weighted by Crippen LogP contribution is 2.12. The van der Waals surface area contributed by atoms with Crippen molar-refractivity contribution < 1.29 is 14.3 Å². The number of hydrogen-bond donors (Lipinski definition) is 2. The lowest BCUT2D eigenvalue weighted by Crippen LogP contribution is -2.51. The van der Waals surface area contributed by atoms with Crippen LogP contribution in [0.5, 0.6) is 0 Å². The molecule has 3 N–H and O–H groups in total. The Morgan fingerprint density at radius 3 is 2.37 bits per heavy atom. The molecule has 0 aromatic carbocycles. The summed E-state index contributed by atoms with van der Waals surface area (Å²) < 4.78 is 5.05. The Labute approximate surface area is 114 Å². The number of amides is 2. The number of methoxy groups -OCH3 is 1. The minimum absolute atomic E-state index is 0.00484. The Balaban J connectivity index is 2.40. The van der Waals surface area contributed by atoms with Crippen LogP contribution < -0.4 is 11.1 Å². The first-order valence-electron chi connectivity index (χ1n) is 6.81. The van der Waals surface area contributed by atoms with Crippen LogP contribution in [-0.4, -0.2) is 55.6 Å². The molecule has 0 radical (unpaired) electrons. The van der Waals surface area contributed by atoms with E-state index in [1.165, 1.54) is 7.11 Å². The van der Waals surface area contributed by atoms with Crippen LogP contribution in [0.2, 0.25) is 0 Å². The number of nitrogens with one attached hydrogen (secondary N) is 1. The van der Waals surface area contributed by atoms with Gasteiger partial charge in [-0.3, -0.25) is 9.59 Å². The van der Waals surface area contributed by atoms with Crippen molar-refractivity contribution in [1.29, 1.82) is 0 Å². The molecule has 0 bridgehead atoms. The summed E-state index contributed by atoms with van der Waals surface area (Å²) >= 11 is 0. The summed E-state index contributed by atoms with van der Waals surface area (Å²) in [6.45, 7) is 5.22. The summed E-state index contributed by atoms with van der Waals surface area (Å²) in [6, 6.07) is 0.165. The van der Waals surface area contributed by atoms with Crippen molar-refractivity contribution in [2.45, 2.75) is 38.8 Å². The number of rotatable bonds is 5. The van der Waals surface area contributed by atoms with Crippen molar-refractivity contribution in [3.8, 4) is 0 Å². The number of hydrogen-bond acceptors (Lipinski definition) is 4. The largest absolute Gasteiger partial charge is 0.370 e. The zero-order valence-electron chi connectivity index (χ0n) is 12.0. The van der Waals surface area contributed by atoms with Gasteiger partial charge in [0, 0.05) is 38.7 Å². The standard InChI is InChI=1S/C13H25N3O3/c1-9(2)12(17)15-10-4-6-16(7-5-10)13(18)11(8-14)19-3/h9-11H,4-8,14H2,1-3H3,(H,15,17). The Hall–Kier alpha value is -1.14. The molecule has 1 aliphatic heterocycles. The van der Waals surface area contributed by atoms with Gasteiger partial charge in [0.05, 0.1) is 0 Å². The molecular weight excluding hydrogens is 246 g/mol. The molecule has 1 saturated heterocycles. The zero-order chi connectivity index (χ0) is 14.4. The Morgan fingerprint density at radius 1 is 1.37 bits per heavy atom. The van der Waals surface area contributed by atoms with E-state index in [4.69, 9.17) is 10.5 Å². The predicted molar refractivity (Wildman–Crippen MR) is 72.4 cm³/mol. The molecule has 1 fully saturated rings. The molecule has 1 rings (SSSR count). The van der Waals surface area contributed by atoms with Crippen molar-refractivity contribution in [3.63, 3.8) is 0 Å². The van der Waals surface area contributed by atoms with Gasteiger partial charge in [0.2, 0.25) is 5.91 Å². The third-order valence-electron chi connectivity index (χ3n) is 3.45.